The largest absolute Gasteiger partial charge is 0.408 e. The molecule has 0 spiro atoms. The van der Waals surface area contributed by atoms with E-state index in [1.165, 1.54) is 0 Å². The van der Waals surface area contributed by atoms with Gasteiger partial charge in [-0.1, -0.05) is 20.8 Å². The second kappa shape index (κ2) is 4.49. The minimum atomic E-state index is -2.05. The van der Waals surface area contributed by atoms with Gasteiger partial charge in [-0.25, -0.2) is 0 Å². The first-order valence-electron chi connectivity index (χ1n) is 7.12. The van der Waals surface area contributed by atoms with Gasteiger partial charge in [-0.05, 0) is 18.1 Å². The van der Waals surface area contributed by atoms with Crippen LogP contribution in [0, 0.1) is 0 Å². The molecule has 20 heavy (non-hydrogen) atoms. The Hall–Kier alpha value is -0.0231. The summed E-state index contributed by atoms with van der Waals surface area (Å²) in [4.78, 5) is 0. The number of hydrogen-bond acceptors (Lipinski definition) is 6. The Morgan fingerprint density at radius 3 is 1.80 bits per heavy atom. The Kier molecular flexibility index (Phi) is 3.34. The third-order valence-corrected chi connectivity index (χ3v) is 9.51. The summed E-state index contributed by atoms with van der Waals surface area (Å²) in [5, 5.41) is 20.5. The third kappa shape index (κ3) is 2.07. The molecule has 4 rings (SSSR count). The molecule has 6 nitrogen and oxygen atoms in total. The average Bonchev–Trinajstić information content (AvgIpc) is 2.32. The molecule has 1 aliphatic carbocycles. The second-order valence-corrected chi connectivity index (χ2v) is 12.2. The van der Waals surface area contributed by atoms with E-state index in [2.05, 4.69) is 33.9 Å². The lowest BCUT2D eigenvalue weighted by molar-refractivity contribution is -0.479. The smallest absolute Gasteiger partial charge is 0.272 e. The molecule has 0 aromatic heterocycles. The van der Waals surface area contributed by atoms with Gasteiger partial charge in [0, 0.05) is 0 Å². The van der Waals surface area contributed by atoms with Gasteiger partial charge >= 0.3 is 0 Å². The van der Waals surface area contributed by atoms with Crippen LogP contribution in [0.25, 0.3) is 0 Å². The van der Waals surface area contributed by atoms with Crippen LogP contribution in [0.3, 0.4) is 0 Å². The maximum atomic E-state index is 10.2. The van der Waals surface area contributed by atoms with E-state index < -0.39 is 51.4 Å². The molecule has 0 radical (unpaired) electrons. The summed E-state index contributed by atoms with van der Waals surface area (Å²) in [5.41, 5.74) is 0. The Balaban J connectivity index is 1.84. The molecule has 6 unspecified atom stereocenters. The van der Waals surface area contributed by atoms with E-state index in [4.69, 9.17) is 18.6 Å². The Labute approximate surface area is 120 Å². The minimum Gasteiger partial charge on any atom is -0.408 e. The van der Waals surface area contributed by atoms with Crippen molar-refractivity contribution < 1.29 is 28.8 Å². The highest BCUT2D eigenvalue weighted by Gasteiger charge is 2.63. The fraction of sp³-hybridized carbons (Fsp3) is 1.00. The molecule has 0 aromatic rings. The van der Waals surface area contributed by atoms with Gasteiger partial charge in [0.25, 0.3) is 6.48 Å². The lowest BCUT2D eigenvalue weighted by atomic mass is 9.83. The van der Waals surface area contributed by atoms with E-state index in [0.29, 0.717) is 0 Å². The van der Waals surface area contributed by atoms with Crippen LogP contribution in [0.2, 0.25) is 18.1 Å². The van der Waals surface area contributed by atoms with Gasteiger partial charge in [-0.2, -0.15) is 0 Å². The first-order valence-corrected chi connectivity index (χ1v) is 10.0. The third-order valence-electron chi connectivity index (χ3n) is 5.04. The average molecular weight is 304 g/mol. The van der Waals surface area contributed by atoms with Crippen LogP contribution in [0.4, 0.5) is 0 Å². The minimum absolute atomic E-state index is 0.0358. The van der Waals surface area contributed by atoms with Crippen LogP contribution >= 0.6 is 0 Å². The number of rotatable bonds is 2. The van der Waals surface area contributed by atoms with Crippen LogP contribution in [0.15, 0.2) is 0 Å². The second-order valence-electron chi connectivity index (χ2n) is 7.41. The molecule has 2 N–H and O–H groups in total. The van der Waals surface area contributed by atoms with Crippen molar-refractivity contribution in [1.29, 1.82) is 0 Å². The molecule has 116 valence electrons. The van der Waals surface area contributed by atoms with Gasteiger partial charge in [-0.3, -0.25) is 0 Å². The quantitative estimate of drug-likeness (QED) is 0.727. The van der Waals surface area contributed by atoms with E-state index in [0.717, 1.165) is 0 Å². The van der Waals surface area contributed by atoms with Crippen LogP contribution in [-0.4, -0.2) is 61.6 Å². The molecular formula is C13H24O6Si. The molecule has 3 heterocycles. The summed E-state index contributed by atoms with van der Waals surface area (Å²) < 4.78 is 22.7. The first kappa shape index (κ1) is 14.9. The number of hydrogen-bond donors (Lipinski definition) is 2. The molecule has 4 aliphatic rings. The van der Waals surface area contributed by atoms with Gasteiger partial charge in [0.1, 0.15) is 36.6 Å². The molecule has 0 aromatic carbocycles. The lowest BCUT2D eigenvalue weighted by Crippen LogP contribution is -2.76. The van der Waals surface area contributed by atoms with E-state index in [-0.39, 0.29) is 5.04 Å². The molecule has 7 atom stereocenters. The number of aliphatic hydroxyl groups is 2. The molecule has 3 saturated heterocycles. The van der Waals surface area contributed by atoms with E-state index in [9.17, 15) is 10.2 Å². The van der Waals surface area contributed by atoms with E-state index >= 15 is 0 Å². The van der Waals surface area contributed by atoms with Crippen molar-refractivity contribution in [2.45, 2.75) is 82.0 Å². The molecule has 4 bridgehead atoms. The fourth-order valence-electron chi connectivity index (χ4n) is 2.76. The van der Waals surface area contributed by atoms with Gasteiger partial charge in [0.15, 0.2) is 8.32 Å². The van der Waals surface area contributed by atoms with Crippen molar-refractivity contribution in [2.24, 2.45) is 0 Å². The van der Waals surface area contributed by atoms with Crippen molar-refractivity contribution in [3.05, 3.63) is 0 Å². The first-order chi connectivity index (χ1) is 9.12. The van der Waals surface area contributed by atoms with E-state index in [1.54, 1.807) is 0 Å². The van der Waals surface area contributed by atoms with Crippen LogP contribution in [-0.2, 0) is 18.6 Å². The maximum Gasteiger partial charge on any atom is 0.272 e. The molecule has 4 fully saturated rings. The topological polar surface area (TPSA) is 77.4 Å². The van der Waals surface area contributed by atoms with Gasteiger partial charge in [0.05, 0.1) is 0 Å². The maximum absolute atomic E-state index is 10.2. The van der Waals surface area contributed by atoms with Crippen molar-refractivity contribution in [1.82, 2.24) is 0 Å². The van der Waals surface area contributed by atoms with Gasteiger partial charge < -0.3 is 28.8 Å². The fourth-order valence-corrected chi connectivity index (χ4v) is 4.06. The standard InChI is InChI=1S/C13H24O6Si/c1-13(2,3)20(4,5)19-11-9-6(14)8-7(15)10(11)18-12(16-8)17-9/h6-12,14-15H,1-5H3/t6-,7?,8?,9?,10?,11?,12?/m1/s1. The molecule has 3 aliphatic heterocycles. The van der Waals surface area contributed by atoms with Gasteiger partial charge in [0.2, 0.25) is 0 Å². The summed E-state index contributed by atoms with van der Waals surface area (Å²) >= 11 is 0. The Morgan fingerprint density at radius 2 is 1.35 bits per heavy atom. The Bertz CT molecular complexity index is 375. The zero-order valence-corrected chi connectivity index (χ0v) is 13.6. The zero-order valence-electron chi connectivity index (χ0n) is 12.6. The highest BCUT2D eigenvalue weighted by molar-refractivity contribution is 6.74. The predicted molar refractivity (Wildman–Crippen MR) is 72.5 cm³/mol. The van der Waals surface area contributed by atoms with Crippen molar-refractivity contribution in [3.63, 3.8) is 0 Å². The van der Waals surface area contributed by atoms with Crippen molar-refractivity contribution in [2.75, 3.05) is 0 Å². The highest BCUT2D eigenvalue weighted by Crippen LogP contribution is 2.45. The molecule has 0 amide bonds. The summed E-state index contributed by atoms with van der Waals surface area (Å²) in [6, 6.07) is 0. The van der Waals surface area contributed by atoms with Crippen molar-refractivity contribution >= 4 is 8.32 Å². The summed E-state index contributed by atoms with van der Waals surface area (Å²) in [7, 11) is -2.05. The van der Waals surface area contributed by atoms with Crippen LogP contribution in [0.1, 0.15) is 20.8 Å². The lowest BCUT2D eigenvalue weighted by Gasteiger charge is -2.58. The SMILES string of the molecule is CC(C)(C)[Si](C)(C)OC1C2OC3OC(C2O)[C@@H](O)C1O3. The van der Waals surface area contributed by atoms with E-state index in [1.807, 2.05) is 0 Å². The normalized spacial score (nSPS) is 47.9. The number of ether oxygens (including phenoxy) is 3. The van der Waals surface area contributed by atoms with Crippen LogP contribution in [0.5, 0.6) is 0 Å². The monoisotopic (exact) mass is 304 g/mol. The summed E-state index contributed by atoms with van der Waals surface area (Å²) in [5.74, 6) is 0. The summed E-state index contributed by atoms with van der Waals surface area (Å²) in [6.45, 7) is 9.91. The zero-order chi connectivity index (χ0) is 14.9. The summed E-state index contributed by atoms with van der Waals surface area (Å²) in [6.07, 6.45) is -3.83. The molecule has 1 saturated carbocycles. The molecule has 7 heteroatoms. The highest BCUT2D eigenvalue weighted by atomic mass is 28.4. The van der Waals surface area contributed by atoms with Gasteiger partial charge in [-0.15, -0.1) is 0 Å². The van der Waals surface area contributed by atoms with Crippen molar-refractivity contribution in [3.8, 4) is 0 Å². The van der Waals surface area contributed by atoms with Crippen LogP contribution < -0.4 is 0 Å². The molecular weight excluding hydrogens is 280 g/mol. The number of aliphatic hydroxyl groups excluding tert-OH is 2. The predicted octanol–water partition coefficient (Wildman–Crippen LogP) is 0.579. The Morgan fingerprint density at radius 1 is 0.900 bits per heavy atom.